The highest BCUT2D eigenvalue weighted by Crippen LogP contribution is 2.44. The molecule has 150 valence electrons. The summed E-state index contributed by atoms with van der Waals surface area (Å²) in [5, 5.41) is 0. The molecule has 1 saturated heterocycles. The van der Waals surface area contributed by atoms with Gasteiger partial charge in [0, 0.05) is 23.8 Å². The minimum absolute atomic E-state index is 0.00732. The van der Waals surface area contributed by atoms with Gasteiger partial charge in [0.05, 0.1) is 19.1 Å². The van der Waals surface area contributed by atoms with Crippen LogP contribution in [0.25, 0.3) is 0 Å². The lowest BCUT2D eigenvalue weighted by Gasteiger charge is -2.54. The number of carbonyl (C=O) groups excluding carboxylic acids is 1. The molecule has 1 aliphatic rings. The second-order valence-corrected chi connectivity index (χ2v) is 8.16. The molecule has 4 nitrogen and oxygen atoms in total. The summed E-state index contributed by atoms with van der Waals surface area (Å²) in [7, 11) is 1.68. The molecular weight excluding hydrogens is 348 g/mol. The quantitative estimate of drug-likeness (QED) is 0.640. The van der Waals surface area contributed by atoms with Crippen LogP contribution >= 0.6 is 0 Å². The fourth-order valence-corrected chi connectivity index (χ4v) is 4.52. The maximum Gasteiger partial charge on any atom is 0.230 e. The van der Waals surface area contributed by atoms with Crippen molar-refractivity contribution in [2.45, 2.75) is 58.8 Å². The van der Waals surface area contributed by atoms with Crippen molar-refractivity contribution >= 4 is 11.6 Å². The molecule has 0 bridgehead atoms. The predicted molar refractivity (Wildman–Crippen MR) is 115 cm³/mol. The second kappa shape index (κ2) is 8.26. The Bertz CT molecular complexity index is 786. The van der Waals surface area contributed by atoms with Gasteiger partial charge in [-0.1, -0.05) is 30.3 Å². The zero-order chi connectivity index (χ0) is 20.4. The van der Waals surface area contributed by atoms with Crippen LogP contribution in [0, 0.1) is 5.92 Å². The highest BCUT2D eigenvalue weighted by Gasteiger charge is 2.51. The van der Waals surface area contributed by atoms with Crippen molar-refractivity contribution in [3.05, 3.63) is 60.2 Å². The van der Waals surface area contributed by atoms with Gasteiger partial charge < -0.3 is 14.5 Å². The first-order chi connectivity index (χ1) is 13.4. The Morgan fingerprint density at radius 1 is 0.964 bits per heavy atom. The topological polar surface area (TPSA) is 32.8 Å². The van der Waals surface area contributed by atoms with E-state index in [0.717, 1.165) is 11.4 Å². The standard InChI is InChI=1S/C24H32N2O2/c1-16(2)25-18(5)22(24(25)27)23(19-10-8-7-9-11-19)26(17(3)4)20-12-14-21(28-6)15-13-20/h7-18,22-23H,1-6H3/t18-,22-,23+/m1/s1. The van der Waals surface area contributed by atoms with Gasteiger partial charge in [-0.15, -0.1) is 0 Å². The monoisotopic (exact) mass is 380 g/mol. The van der Waals surface area contributed by atoms with E-state index < -0.39 is 0 Å². The third-order valence-corrected chi connectivity index (χ3v) is 5.76. The molecule has 0 spiro atoms. The summed E-state index contributed by atoms with van der Waals surface area (Å²) in [6, 6.07) is 19.2. The second-order valence-electron chi connectivity index (χ2n) is 8.16. The smallest absolute Gasteiger partial charge is 0.230 e. The van der Waals surface area contributed by atoms with Crippen molar-refractivity contribution in [3.63, 3.8) is 0 Å². The third-order valence-electron chi connectivity index (χ3n) is 5.76. The summed E-state index contributed by atoms with van der Waals surface area (Å²) < 4.78 is 5.33. The molecule has 3 rings (SSSR count). The summed E-state index contributed by atoms with van der Waals surface area (Å²) in [5.41, 5.74) is 2.29. The number of anilines is 1. The Morgan fingerprint density at radius 2 is 1.57 bits per heavy atom. The number of hydrogen-bond donors (Lipinski definition) is 0. The molecule has 2 aromatic carbocycles. The fraction of sp³-hybridized carbons (Fsp3) is 0.458. The average Bonchev–Trinajstić information content (AvgIpc) is 2.68. The molecule has 4 heteroatoms. The van der Waals surface area contributed by atoms with E-state index in [-0.39, 0.29) is 36.0 Å². The SMILES string of the molecule is COc1ccc(N(C(C)C)[C@@H](c2ccccc2)[C@@H]2C(=O)N(C(C)C)[C@@H]2C)cc1. The van der Waals surface area contributed by atoms with Crippen LogP contribution in [0.3, 0.4) is 0 Å². The number of benzene rings is 2. The summed E-state index contributed by atoms with van der Waals surface area (Å²) in [6.07, 6.45) is 0. The number of rotatable bonds is 7. The summed E-state index contributed by atoms with van der Waals surface area (Å²) in [6.45, 7) is 10.7. The van der Waals surface area contributed by atoms with Crippen LogP contribution in [0.2, 0.25) is 0 Å². The van der Waals surface area contributed by atoms with Crippen LogP contribution in [-0.4, -0.2) is 36.0 Å². The zero-order valence-corrected chi connectivity index (χ0v) is 17.8. The van der Waals surface area contributed by atoms with Gasteiger partial charge in [-0.05, 0) is 64.4 Å². The zero-order valence-electron chi connectivity index (χ0n) is 17.8. The summed E-state index contributed by atoms with van der Waals surface area (Å²) in [5.74, 6) is 1.02. The number of β-lactam (4-membered cyclic amide) rings is 1. The number of hydrogen-bond acceptors (Lipinski definition) is 3. The van der Waals surface area contributed by atoms with Crippen LogP contribution in [0.15, 0.2) is 54.6 Å². The van der Waals surface area contributed by atoms with E-state index in [0.29, 0.717) is 0 Å². The van der Waals surface area contributed by atoms with Crippen molar-refractivity contribution in [2.24, 2.45) is 5.92 Å². The van der Waals surface area contributed by atoms with Crippen molar-refractivity contribution < 1.29 is 9.53 Å². The summed E-state index contributed by atoms with van der Waals surface area (Å²) >= 11 is 0. The van der Waals surface area contributed by atoms with Crippen molar-refractivity contribution in [3.8, 4) is 5.75 Å². The normalized spacial score (nSPS) is 20.3. The minimum Gasteiger partial charge on any atom is -0.497 e. The molecule has 0 N–H and O–H groups in total. The number of methoxy groups -OCH3 is 1. The highest BCUT2D eigenvalue weighted by molar-refractivity contribution is 5.88. The lowest BCUT2D eigenvalue weighted by Crippen LogP contribution is -2.65. The Hall–Kier alpha value is -2.49. The van der Waals surface area contributed by atoms with E-state index in [1.165, 1.54) is 5.56 Å². The maximum atomic E-state index is 13.2. The Labute approximate surface area is 169 Å². The Kier molecular flexibility index (Phi) is 5.97. The van der Waals surface area contributed by atoms with Crippen LogP contribution in [-0.2, 0) is 4.79 Å². The number of likely N-dealkylation sites (tertiary alicyclic amines) is 1. The third kappa shape index (κ3) is 3.60. The van der Waals surface area contributed by atoms with Crippen LogP contribution < -0.4 is 9.64 Å². The molecule has 0 aromatic heterocycles. The molecule has 28 heavy (non-hydrogen) atoms. The predicted octanol–water partition coefficient (Wildman–Crippen LogP) is 4.91. The number of nitrogens with zero attached hydrogens (tertiary/aromatic N) is 2. The first-order valence-corrected chi connectivity index (χ1v) is 10.2. The largest absolute Gasteiger partial charge is 0.497 e. The maximum absolute atomic E-state index is 13.2. The molecule has 1 fully saturated rings. The molecule has 1 heterocycles. The molecule has 1 aliphatic heterocycles. The first kappa shape index (κ1) is 20.2. The van der Waals surface area contributed by atoms with Gasteiger partial charge in [-0.25, -0.2) is 0 Å². The van der Waals surface area contributed by atoms with Crippen LogP contribution in [0.4, 0.5) is 5.69 Å². The van der Waals surface area contributed by atoms with Gasteiger partial charge in [0.1, 0.15) is 5.75 Å². The van der Waals surface area contributed by atoms with Gasteiger partial charge in [0.25, 0.3) is 0 Å². The average molecular weight is 381 g/mol. The van der Waals surface area contributed by atoms with Gasteiger partial charge in [0.15, 0.2) is 0 Å². The minimum atomic E-state index is -0.0608. The fourth-order valence-electron chi connectivity index (χ4n) is 4.52. The van der Waals surface area contributed by atoms with E-state index in [2.05, 4.69) is 75.9 Å². The van der Waals surface area contributed by atoms with E-state index in [1.54, 1.807) is 7.11 Å². The molecule has 0 radical (unpaired) electrons. The van der Waals surface area contributed by atoms with Crippen molar-refractivity contribution in [1.29, 1.82) is 0 Å². The lowest BCUT2D eigenvalue weighted by atomic mass is 9.77. The molecule has 2 aromatic rings. The Balaban J connectivity index is 2.05. The molecule has 1 amide bonds. The first-order valence-electron chi connectivity index (χ1n) is 10.2. The highest BCUT2D eigenvalue weighted by atomic mass is 16.5. The molecule has 0 saturated carbocycles. The molecule has 0 aliphatic carbocycles. The Morgan fingerprint density at radius 3 is 2.04 bits per heavy atom. The number of ether oxygens (including phenoxy) is 1. The number of carbonyl (C=O) groups is 1. The summed E-state index contributed by atoms with van der Waals surface area (Å²) in [4.78, 5) is 17.6. The van der Waals surface area contributed by atoms with Gasteiger partial charge in [-0.2, -0.15) is 0 Å². The van der Waals surface area contributed by atoms with E-state index in [4.69, 9.17) is 4.74 Å². The van der Waals surface area contributed by atoms with E-state index in [1.807, 2.05) is 23.1 Å². The van der Waals surface area contributed by atoms with Crippen LogP contribution in [0.1, 0.15) is 46.2 Å². The van der Waals surface area contributed by atoms with Crippen molar-refractivity contribution in [2.75, 3.05) is 12.0 Å². The molecular formula is C24H32N2O2. The molecule has 0 unspecified atom stereocenters. The van der Waals surface area contributed by atoms with Crippen LogP contribution in [0.5, 0.6) is 5.75 Å². The van der Waals surface area contributed by atoms with E-state index >= 15 is 0 Å². The van der Waals surface area contributed by atoms with Crippen molar-refractivity contribution in [1.82, 2.24) is 4.90 Å². The van der Waals surface area contributed by atoms with Gasteiger partial charge in [0.2, 0.25) is 5.91 Å². The van der Waals surface area contributed by atoms with Gasteiger partial charge in [-0.3, -0.25) is 4.79 Å². The van der Waals surface area contributed by atoms with E-state index in [9.17, 15) is 4.79 Å². The number of amides is 1. The molecule has 3 atom stereocenters. The lowest BCUT2D eigenvalue weighted by molar-refractivity contribution is -0.160. The van der Waals surface area contributed by atoms with Gasteiger partial charge >= 0.3 is 0 Å².